The van der Waals surface area contributed by atoms with Gasteiger partial charge in [-0.3, -0.25) is 4.79 Å². The predicted molar refractivity (Wildman–Crippen MR) is 77.3 cm³/mol. The minimum Gasteiger partial charge on any atom is -0.330 e. The summed E-state index contributed by atoms with van der Waals surface area (Å²) in [5, 5.41) is 0. The largest absolute Gasteiger partial charge is 0.330 e. The lowest BCUT2D eigenvalue weighted by Gasteiger charge is -2.29. The molecule has 0 aromatic heterocycles. The summed E-state index contributed by atoms with van der Waals surface area (Å²) in [4.78, 5) is 14.6. The van der Waals surface area contributed by atoms with Gasteiger partial charge in [0, 0.05) is 11.9 Å². The van der Waals surface area contributed by atoms with Gasteiger partial charge in [-0.05, 0) is 36.1 Å². The normalized spacial score (nSPS) is 15.8. The van der Waals surface area contributed by atoms with E-state index in [1.54, 1.807) is 16.7 Å². The fraction of sp³-hybridized carbons (Fsp3) is 0.500. The zero-order valence-electron chi connectivity index (χ0n) is 11.2. The second-order valence-corrected chi connectivity index (χ2v) is 6.36. The van der Waals surface area contributed by atoms with Crippen molar-refractivity contribution in [3.8, 4) is 0 Å². The molecule has 1 aromatic carbocycles. The highest BCUT2D eigenvalue weighted by Crippen LogP contribution is 2.38. The first kappa shape index (κ1) is 13.4. The van der Waals surface area contributed by atoms with Crippen LogP contribution in [0.15, 0.2) is 23.1 Å². The number of fused-ring (bicyclic) bond motifs is 1. The quantitative estimate of drug-likeness (QED) is 0.911. The third-order valence-corrected chi connectivity index (χ3v) is 4.63. The van der Waals surface area contributed by atoms with Crippen LogP contribution in [0.1, 0.15) is 25.8 Å². The number of thioether (sulfide) groups is 1. The van der Waals surface area contributed by atoms with E-state index in [4.69, 9.17) is 5.73 Å². The van der Waals surface area contributed by atoms with E-state index in [-0.39, 0.29) is 11.3 Å². The Balaban J connectivity index is 2.36. The summed E-state index contributed by atoms with van der Waals surface area (Å²) >= 11 is 1.63. The monoisotopic (exact) mass is 264 g/mol. The minimum absolute atomic E-state index is 0.0877. The summed E-state index contributed by atoms with van der Waals surface area (Å²) in [5.41, 5.74) is 8.07. The first-order valence-electron chi connectivity index (χ1n) is 6.19. The Morgan fingerprint density at radius 2 is 2.17 bits per heavy atom. The summed E-state index contributed by atoms with van der Waals surface area (Å²) in [6, 6.07) is 6.37. The van der Waals surface area contributed by atoms with E-state index in [0.717, 1.165) is 12.1 Å². The molecule has 1 aromatic rings. The minimum atomic E-state index is 0.0877. The topological polar surface area (TPSA) is 46.3 Å². The zero-order chi connectivity index (χ0) is 13.3. The van der Waals surface area contributed by atoms with E-state index >= 15 is 0 Å². The molecule has 1 heterocycles. The lowest BCUT2D eigenvalue weighted by molar-refractivity contribution is -0.116. The lowest BCUT2D eigenvalue weighted by atomic mass is 9.81. The molecule has 2 rings (SSSR count). The smallest absolute Gasteiger partial charge is 0.237 e. The van der Waals surface area contributed by atoms with E-state index in [0.29, 0.717) is 12.3 Å². The van der Waals surface area contributed by atoms with Gasteiger partial charge in [0.05, 0.1) is 11.4 Å². The van der Waals surface area contributed by atoms with Gasteiger partial charge in [-0.25, -0.2) is 0 Å². The Labute approximate surface area is 113 Å². The number of hydrogen-bond acceptors (Lipinski definition) is 3. The molecule has 1 amide bonds. The van der Waals surface area contributed by atoms with Crippen LogP contribution in [0.5, 0.6) is 0 Å². The molecule has 0 atom stereocenters. The molecule has 4 heteroatoms. The van der Waals surface area contributed by atoms with Gasteiger partial charge in [0.25, 0.3) is 0 Å². The highest BCUT2D eigenvalue weighted by atomic mass is 32.2. The third kappa shape index (κ3) is 2.40. The summed E-state index contributed by atoms with van der Waals surface area (Å²) in [6.45, 7) is 5.11. The average molecular weight is 264 g/mol. The zero-order valence-corrected chi connectivity index (χ0v) is 12.0. The Morgan fingerprint density at radius 3 is 2.83 bits per heavy atom. The van der Waals surface area contributed by atoms with Crippen molar-refractivity contribution >= 4 is 23.4 Å². The summed E-state index contributed by atoms with van der Waals surface area (Å²) in [7, 11) is 1.84. The first-order chi connectivity index (χ1) is 8.45. The standard InChI is InChI=1S/C14H20N2OS/c1-14(2,6-7-15)10-4-5-11-12(8-10)18-9-13(17)16(11)3/h4-5,8H,6-7,9,15H2,1-3H3. The van der Waals surface area contributed by atoms with Crippen LogP contribution in [0, 0.1) is 0 Å². The van der Waals surface area contributed by atoms with Crippen molar-refractivity contribution in [3.05, 3.63) is 23.8 Å². The molecule has 0 spiro atoms. The predicted octanol–water partition coefficient (Wildman–Crippen LogP) is 2.38. The van der Waals surface area contributed by atoms with Crippen molar-refractivity contribution < 1.29 is 4.79 Å². The van der Waals surface area contributed by atoms with Crippen molar-refractivity contribution in [1.82, 2.24) is 0 Å². The fourth-order valence-corrected chi connectivity index (χ4v) is 3.24. The molecule has 18 heavy (non-hydrogen) atoms. The molecule has 0 unspecified atom stereocenters. The number of carbonyl (C=O) groups excluding carboxylic acids is 1. The van der Waals surface area contributed by atoms with Crippen LogP contribution in [0.3, 0.4) is 0 Å². The average Bonchev–Trinajstić information content (AvgIpc) is 2.33. The van der Waals surface area contributed by atoms with Gasteiger partial charge in [0.1, 0.15) is 0 Å². The Hall–Kier alpha value is -1.00. The summed E-state index contributed by atoms with van der Waals surface area (Å²) < 4.78 is 0. The summed E-state index contributed by atoms with van der Waals surface area (Å²) in [5.74, 6) is 0.700. The van der Waals surface area contributed by atoms with Crippen LogP contribution in [0.25, 0.3) is 0 Å². The maximum atomic E-state index is 11.6. The van der Waals surface area contributed by atoms with E-state index in [9.17, 15) is 4.79 Å². The highest BCUT2D eigenvalue weighted by Gasteiger charge is 2.25. The van der Waals surface area contributed by atoms with E-state index < -0.39 is 0 Å². The number of amides is 1. The van der Waals surface area contributed by atoms with E-state index in [1.807, 2.05) is 13.1 Å². The van der Waals surface area contributed by atoms with Crippen LogP contribution >= 0.6 is 11.8 Å². The third-order valence-electron chi connectivity index (χ3n) is 3.60. The van der Waals surface area contributed by atoms with Crippen molar-refractivity contribution in [2.24, 2.45) is 5.73 Å². The Kier molecular flexibility index (Phi) is 3.69. The highest BCUT2D eigenvalue weighted by molar-refractivity contribution is 8.00. The summed E-state index contributed by atoms with van der Waals surface area (Å²) in [6.07, 6.45) is 0.964. The molecule has 0 radical (unpaired) electrons. The number of benzene rings is 1. The number of nitrogens with two attached hydrogens (primary N) is 1. The molecular formula is C14H20N2OS. The second-order valence-electron chi connectivity index (χ2n) is 5.35. The van der Waals surface area contributed by atoms with E-state index in [1.165, 1.54) is 10.5 Å². The van der Waals surface area contributed by atoms with Crippen LogP contribution in [0.2, 0.25) is 0 Å². The fourth-order valence-electron chi connectivity index (χ4n) is 2.20. The van der Waals surface area contributed by atoms with Gasteiger partial charge in [-0.2, -0.15) is 0 Å². The first-order valence-corrected chi connectivity index (χ1v) is 7.18. The Bertz CT molecular complexity index is 471. The van der Waals surface area contributed by atoms with Crippen LogP contribution in [-0.2, 0) is 10.2 Å². The van der Waals surface area contributed by atoms with Crippen molar-refractivity contribution in [2.45, 2.75) is 30.6 Å². The number of carbonyl (C=O) groups is 1. The number of anilines is 1. The van der Waals surface area contributed by atoms with Crippen LogP contribution < -0.4 is 10.6 Å². The van der Waals surface area contributed by atoms with Crippen molar-refractivity contribution in [3.63, 3.8) is 0 Å². The number of nitrogens with zero attached hydrogens (tertiary/aromatic N) is 1. The van der Waals surface area contributed by atoms with Gasteiger partial charge in [0.2, 0.25) is 5.91 Å². The second kappa shape index (κ2) is 4.94. The lowest BCUT2D eigenvalue weighted by Crippen LogP contribution is -2.31. The number of rotatable bonds is 3. The molecule has 1 aliphatic heterocycles. The molecule has 0 saturated heterocycles. The van der Waals surface area contributed by atoms with Gasteiger partial charge in [0.15, 0.2) is 0 Å². The molecule has 3 nitrogen and oxygen atoms in total. The van der Waals surface area contributed by atoms with Gasteiger partial charge in [-0.15, -0.1) is 11.8 Å². The molecule has 1 aliphatic rings. The molecular weight excluding hydrogens is 244 g/mol. The molecule has 0 bridgehead atoms. The number of hydrogen-bond donors (Lipinski definition) is 1. The van der Waals surface area contributed by atoms with Gasteiger partial charge < -0.3 is 10.6 Å². The van der Waals surface area contributed by atoms with E-state index in [2.05, 4.69) is 26.0 Å². The molecule has 0 fully saturated rings. The maximum absolute atomic E-state index is 11.6. The SMILES string of the molecule is CN1C(=O)CSc2cc(C(C)(C)CCN)ccc21. The maximum Gasteiger partial charge on any atom is 0.237 e. The molecule has 2 N–H and O–H groups in total. The molecule has 0 aliphatic carbocycles. The molecule has 0 saturated carbocycles. The van der Waals surface area contributed by atoms with Gasteiger partial charge >= 0.3 is 0 Å². The van der Waals surface area contributed by atoms with Crippen LogP contribution in [-0.4, -0.2) is 25.3 Å². The Morgan fingerprint density at radius 1 is 1.44 bits per heavy atom. The molecule has 98 valence electrons. The van der Waals surface area contributed by atoms with Crippen molar-refractivity contribution in [1.29, 1.82) is 0 Å². The van der Waals surface area contributed by atoms with Gasteiger partial charge in [-0.1, -0.05) is 19.9 Å². The van der Waals surface area contributed by atoms with Crippen molar-refractivity contribution in [2.75, 3.05) is 24.2 Å². The van der Waals surface area contributed by atoms with Crippen LogP contribution in [0.4, 0.5) is 5.69 Å².